The molecule has 0 bridgehead atoms. The summed E-state index contributed by atoms with van der Waals surface area (Å²) in [5, 5.41) is 9.88. The van der Waals surface area contributed by atoms with Gasteiger partial charge in [-0.05, 0) is 37.5 Å². The third-order valence-corrected chi connectivity index (χ3v) is 4.48. The van der Waals surface area contributed by atoms with E-state index >= 15 is 0 Å². The summed E-state index contributed by atoms with van der Waals surface area (Å²) < 4.78 is 1.20. The number of halogens is 1. The summed E-state index contributed by atoms with van der Waals surface area (Å²) in [7, 11) is 0. The SMILES string of the molecule is CC(O)CC1Cc2c(Br)cccc2S1. The average Bonchev–Trinajstić information content (AvgIpc) is 2.47. The Balaban J connectivity index is 2.14. The maximum Gasteiger partial charge on any atom is 0.0522 e. The molecule has 1 nitrogen and oxygen atoms in total. The Kier molecular flexibility index (Phi) is 3.20. The topological polar surface area (TPSA) is 20.2 Å². The number of benzene rings is 1. The molecule has 3 heteroatoms. The third kappa shape index (κ3) is 2.15. The number of hydrogen-bond donors (Lipinski definition) is 1. The number of aliphatic hydroxyl groups excluding tert-OH is 1. The lowest BCUT2D eigenvalue weighted by Gasteiger charge is -2.09. The van der Waals surface area contributed by atoms with Gasteiger partial charge in [0.1, 0.15) is 0 Å². The molecule has 2 atom stereocenters. The first-order valence-electron chi connectivity index (χ1n) is 4.79. The minimum Gasteiger partial charge on any atom is -0.393 e. The zero-order valence-corrected chi connectivity index (χ0v) is 10.4. The lowest BCUT2D eigenvalue weighted by molar-refractivity contribution is 0.184. The monoisotopic (exact) mass is 272 g/mol. The van der Waals surface area contributed by atoms with Crippen molar-refractivity contribution < 1.29 is 5.11 Å². The molecule has 0 radical (unpaired) electrons. The van der Waals surface area contributed by atoms with Crippen molar-refractivity contribution >= 4 is 27.7 Å². The Bertz CT molecular complexity index is 338. The maximum atomic E-state index is 9.34. The lowest BCUT2D eigenvalue weighted by atomic mass is 10.1. The highest BCUT2D eigenvalue weighted by molar-refractivity contribution is 9.10. The Labute approximate surface area is 97.0 Å². The minimum absolute atomic E-state index is 0.194. The molecule has 1 aromatic rings. The van der Waals surface area contributed by atoms with Crippen LogP contribution in [0, 0.1) is 0 Å². The van der Waals surface area contributed by atoms with Crippen LogP contribution >= 0.6 is 27.7 Å². The van der Waals surface area contributed by atoms with Gasteiger partial charge in [0.2, 0.25) is 0 Å². The summed E-state index contributed by atoms with van der Waals surface area (Å²) in [5.74, 6) is 0. The summed E-state index contributed by atoms with van der Waals surface area (Å²) in [6.45, 7) is 1.86. The van der Waals surface area contributed by atoms with Crippen molar-refractivity contribution in [1.82, 2.24) is 0 Å². The van der Waals surface area contributed by atoms with E-state index in [1.54, 1.807) is 0 Å². The number of rotatable bonds is 2. The van der Waals surface area contributed by atoms with Crippen LogP contribution in [0.3, 0.4) is 0 Å². The van der Waals surface area contributed by atoms with E-state index in [-0.39, 0.29) is 6.10 Å². The largest absolute Gasteiger partial charge is 0.393 e. The summed E-state index contributed by atoms with van der Waals surface area (Å²) in [6, 6.07) is 6.32. The Hall–Kier alpha value is 0.01000. The second-order valence-electron chi connectivity index (χ2n) is 3.75. The Morgan fingerprint density at radius 3 is 3.07 bits per heavy atom. The fourth-order valence-corrected chi connectivity index (χ4v) is 3.94. The van der Waals surface area contributed by atoms with Gasteiger partial charge in [-0.25, -0.2) is 0 Å². The van der Waals surface area contributed by atoms with Crippen molar-refractivity contribution in [1.29, 1.82) is 0 Å². The predicted octanol–water partition coefficient (Wildman–Crippen LogP) is 3.24. The Morgan fingerprint density at radius 2 is 2.43 bits per heavy atom. The van der Waals surface area contributed by atoms with Gasteiger partial charge in [0, 0.05) is 14.6 Å². The van der Waals surface area contributed by atoms with Crippen LogP contribution in [-0.2, 0) is 6.42 Å². The number of fused-ring (bicyclic) bond motifs is 1. The van der Waals surface area contributed by atoms with Gasteiger partial charge in [-0.2, -0.15) is 0 Å². The van der Waals surface area contributed by atoms with Gasteiger partial charge in [0.15, 0.2) is 0 Å². The smallest absolute Gasteiger partial charge is 0.0522 e. The average molecular weight is 273 g/mol. The normalized spacial score (nSPS) is 22.1. The van der Waals surface area contributed by atoms with E-state index in [1.807, 2.05) is 18.7 Å². The highest BCUT2D eigenvalue weighted by Gasteiger charge is 2.24. The number of hydrogen-bond acceptors (Lipinski definition) is 2. The van der Waals surface area contributed by atoms with Gasteiger partial charge in [0.25, 0.3) is 0 Å². The first-order chi connectivity index (χ1) is 6.66. The van der Waals surface area contributed by atoms with E-state index in [9.17, 15) is 5.11 Å². The third-order valence-electron chi connectivity index (χ3n) is 2.41. The molecule has 1 aliphatic heterocycles. The highest BCUT2D eigenvalue weighted by atomic mass is 79.9. The van der Waals surface area contributed by atoms with Crippen LogP contribution in [0.1, 0.15) is 18.9 Å². The lowest BCUT2D eigenvalue weighted by Crippen LogP contribution is -2.11. The number of aliphatic hydroxyl groups is 1. The van der Waals surface area contributed by atoms with Gasteiger partial charge in [0.05, 0.1) is 6.10 Å². The minimum atomic E-state index is -0.194. The number of thioether (sulfide) groups is 1. The van der Waals surface area contributed by atoms with Gasteiger partial charge in [-0.3, -0.25) is 0 Å². The molecule has 0 amide bonds. The molecule has 0 fully saturated rings. The fraction of sp³-hybridized carbons (Fsp3) is 0.455. The van der Waals surface area contributed by atoms with Crippen molar-refractivity contribution in [3.63, 3.8) is 0 Å². The van der Waals surface area contributed by atoms with Gasteiger partial charge >= 0.3 is 0 Å². The van der Waals surface area contributed by atoms with Crippen LogP contribution in [0.2, 0.25) is 0 Å². The van der Waals surface area contributed by atoms with Gasteiger partial charge in [-0.1, -0.05) is 22.0 Å². The van der Waals surface area contributed by atoms with Crippen LogP contribution in [0.4, 0.5) is 0 Å². The predicted molar refractivity (Wildman–Crippen MR) is 63.8 cm³/mol. The zero-order valence-electron chi connectivity index (χ0n) is 8.03. The maximum absolute atomic E-state index is 9.34. The van der Waals surface area contributed by atoms with E-state index in [1.165, 1.54) is 14.9 Å². The Morgan fingerprint density at radius 1 is 1.64 bits per heavy atom. The van der Waals surface area contributed by atoms with Crippen LogP contribution in [-0.4, -0.2) is 16.5 Å². The quantitative estimate of drug-likeness (QED) is 0.892. The molecular formula is C11H13BrOS. The molecule has 76 valence electrons. The molecule has 0 saturated carbocycles. The molecule has 1 aromatic carbocycles. The van der Waals surface area contributed by atoms with Crippen molar-refractivity contribution in [2.45, 2.75) is 36.0 Å². The molecule has 1 heterocycles. The van der Waals surface area contributed by atoms with Gasteiger partial charge < -0.3 is 5.11 Å². The zero-order chi connectivity index (χ0) is 10.1. The molecule has 0 aromatic heterocycles. The van der Waals surface area contributed by atoms with Gasteiger partial charge in [-0.15, -0.1) is 11.8 Å². The second-order valence-corrected chi connectivity index (χ2v) is 5.94. The van der Waals surface area contributed by atoms with Crippen molar-refractivity contribution in [2.24, 2.45) is 0 Å². The van der Waals surface area contributed by atoms with Crippen LogP contribution in [0.15, 0.2) is 27.6 Å². The first kappa shape index (κ1) is 10.5. The molecular weight excluding hydrogens is 260 g/mol. The molecule has 2 rings (SSSR count). The van der Waals surface area contributed by atoms with E-state index in [0.29, 0.717) is 5.25 Å². The summed E-state index contributed by atoms with van der Waals surface area (Å²) in [4.78, 5) is 1.37. The van der Waals surface area contributed by atoms with E-state index < -0.39 is 0 Å². The van der Waals surface area contributed by atoms with Crippen molar-refractivity contribution in [2.75, 3.05) is 0 Å². The molecule has 14 heavy (non-hydrogen) atoms. The van der Waals surface area contributed by atoms with E-state index in [0.717, 1.165) is 12.8 Å². The highest BCUT2D eigenvalue weighted by Crippen LogP contribution is 2.41. The van der Waals surface area contributed by atoms with Crippen molar-refractivity contribution in [3.05, 3.63) is 28.2 Å². The summed E-state index contributed by atoms with van der Waals surface area (Å²) in [6.07, 6.45) is 1.76. The molecule has 2 unspecified atom stereocenters. The first-order valence-corrected chi connectivity index (χ1v) is 6.46. The second kappa shape index (κ2) is 4.25. The molecule has 0 aliphatic carbocycles. The van der Waals surface area contributed by atoms with Crippen LogP contribution < -0.4 is 0 Å². The summed E-state index contributed by atoms with van der Waals surface area (Å²) in [5.41, 5.74) is 1.41. The standard InChI is InChI=1S/C11H13BrOS/c1-7(13)5-8-6-9-10(12)3-2-4-11(9)14-8/h2-4,7-8,13H,5-6H2,1H3. The van der Waals surface area contributed by atoms with Crippen LogP contribution in [0.5, 0.6) is 0 Å². The molecule has 1 N–H and O–H groups in total. The molecule has 0 saturated heterocycles. The summed E-state index contributed by atoms with van der Waals surface area (Å²) >= 11 is 5.45. The van der Waals surface area contributed by atoms with E-state index in [4.69, 9.17) is 0 Å². The molecule has 1 aliphatic rings. The van der Waals surface area contributed by atoms with Crippen LogP contribution in [0.25, 0.3) is 0 Å². The van der Waals surface area contributed by atoms with E-state index in [2.05, 4.69) is 34.1 Å². The fourth-order valence-electron chi connectivity index (χ4n) is 1.81. The molecule has 0 spiro atoms. The van der Waals surface area contributed by atoms with Crippen molar-refractivity contribution in [3.8, 4) is 0 Å².